The predicted molar refractivity (Wildman–Crippen MR) is 162 cm³/mol. The zero-order valence-electron chi connectivity index (χ0n) is 22.9. The zero-order chi connectivity index (χ0) is 31.2. The van der Waals surface area contributed by atoms with Gasteiger partial charge in [0, 0.05) is 64.3 Å². The number of carbonyl (C=O) groups excluding carboxylic acids is 1. The zero-order valence-corrected chi connectivity index (χ0v) is 22.9. The molecule has 220 valence electrons. The number of aromatic hydroxyl groups is 4. The Hall–Kier alpha value is -5.94. The molecule has 7 N–H and O–H groups in total. The van der Waals surface area contributed by atoms with Gasteiger partial charge in [-0.3, -0.25) is 4.79 Å². The molecule has 0 aromatic heterocycles. The molecule has 1 aliphatic carbocycles. The molecule has 2 unspecified atom stereocenters. The second-order valence-corrected chi connectivity index (χ2v) is 9.87. The van der Waals surface area contributed by atoms with Crippen LogP contribution >= 0.6 is 0 Å². The van der Waals surface area contributed by atoms with Crippen LogP contribution in [-0.2, 0) is 9.53 Å². The van der Waals surface area contributed by atoms with Gasteiger partial charge in [-0.1, -0.05) is 42.3 Å². The van der Waals surface area contributed by atoms with Crippen LogP contribution in [0.1, 0.15) is 34.1 Å². The van der Waals surface area contributed by atoms with Crippen LogP contribution in [0.2, 0.25) is 0 Å². The number of anilines is 1. The van der Waals surface area contributed by atoms with Crippen LogP contribution in [0.4, 0.5) is 11.4 Å². The van der Waals surface area contributed by atoms with Gasteiger partial charge in [-0.15, -0.1) is 0 Å². The van der Waals surface area contributed by atoms with Gasteiger partial charge in [0.1, 0.15) is 29.1 Å². The van der Waals surface area contributed by atoms with Crippen molar-refractivity contribution in [3.05, 3.63) is 107 Å². The average Bonchev–Trinajstić information content (AvgIpc) is 3.00. The molecular weight excluding hydrogens is 564 g/mol. The molecule has 0 heterocycles. The van der Waals surface area contributed by atoms with Crippen molar-refractivity contribution in [2.75, 3.05) is 5.32 Å². The maximum Gasteiger partial charge on any atom is 0.300 e. The van der Waals surface area contributed by atoms with Gasteiger partial charge in [-0.05, 0) is 30.2 Å². The topological polar surface area (TPSA) is 172 Å². The van der Waals surface area contributed by atoms with E-state index in [2.05, 4.69) is 34.2 Å². The van der Waals surface area contributed by atoms with Crippen molar-refractivity contribution < 1.29 is 40.2 Å². The van der Waals surface area contributed by atoms with Gasteiger partial charge < -0.3 is 40.7 Å². The Bertz CT molecular complexity index is 1830. The standard InChI is InChI=1S/C34H26N2O8/c37-22-15-24(35-19-44-14-13-21-9-5-2-6-10-21)29(26(39)17-22)31-33(42)32(34(31)43)30-25(16-23(38)18-27(30)40)36-28(41)12-11-20-7-3-1-4-8-20/h1-10,15-19,31-34,37-40,42-43H,(H,36,41). The lowest BCUT2D eigenvalue weighted by atomic mass is 9.62. The lowest BCUT2D eigenvalue weighted by Gasteiger charge is -2.47. The Morgan fingerprint density at radius 2 is 1.30 bits per heavy atom. The van der Waals surface area contributed by atoms with Gasteiger partial charge in [0.15, 0.2) is 6.40 Å². The molecule has 44 heavy (non-hydrogen) atoms. The van der Waals surface area contributed by atoms with Crippen LogP contribution < -0.4 is 5.32 Å². The molecule has 0 radical (unpaired) electrons. The van der Waals surface area contributed by atoms with Gasteiger partial charge >= 0.3 is 5.91 Å². The smallest absolute Gasteiger partial charge is 0.300 e. The van der Waals surface area contributed by atoms with Crippen molar-refractivity contribution in [1.29, 1.82) is 0 Å². The monoisotopic (exact) mass is 590 g/mol. The third kappa shape index (κ3) is 6.42. The van der Waals surface area contributed by atoms with Crippen LogP contribution in [0, 0.1) is 23.9 Å². The molecule has 2 atom stereocenters. The number of phenolic OH excluding ortho intramolecular Hbond substituents is 4. The summed E-state index contributed by atoms with van der Waals surface area (Å²) in [6, 6.07) is 22.2. The third-order valence-electron chi connectivity index (χ3n) is 7.02. The van der Waals surface area contributed by atoms with E-state index in [1.54, 1.807) is 42.5 Å². The molecule has 10 nitrogen and oxygen atoms in total. The summed E-state index contributed by atoms with van der Waals surface area (Å²) >= 11 is 0. The largest absolute Gasteiger partial charge is 0.508 e. The fraction of sp³-hybridized carbons (Fsp3) is 0.118. The number of nitrogens with zero attached hydrogens (tertiary/aromatic N) is 1. The Balaban J connectivity index is 1.40. The number of benzene rings is 4. The molecule has 0 bridgehead atoms. The van der Waals surface area contributed by atoms with Gasteiger partial charge in [-0.2, -0.15) is 0 Å². The number of aliphatic hydroxyl groups is 2. The number of aliphatic hydroxyl groups excluding tert-OH is 2. The number of aliphatic imine (C=N–C) groups is 1. The molecule has 0 spiro atoms. The van der Waals surface area contributed by atoms with Crippen molar-refractivity contribution in [3.8, 4) is 46.9 Å². The number of carbonyl (C=O) groups is 1. The Morgan fingerprint density at radius 3 is 1.93 bits per heavy atom. The summed E-state index contributed by atoms with van der Waals surface area (Å²) in [5, 5.41) is 66.6. The quantitative estimate of drug-likeness (QED) is 0.105. The van der Waals surface area contributed by atoms with E-state index in [9.17, 15) is 35.4 Å². The molecule has 5 rings (SSSR count). The normalized spacial score (nSPS) is 18.7. The lowest BCUT2D eigenvalue weighted by Crippen LogP contribution is -2.52. The van der Waals surface area contributed by atoms with Gasteiger partial charge in [0.05, 0.1) is 23.6 Å². The van der Waals surface area contributed by atoms with Crippen LogP contribution in [0.25, 0.3) is 0 Å². The van der Waals surface area contributed by atoms with E-state index in [4.69, 9.17) is 4.74 Å². The number of hydrogen-bond donors (Lipinski definition) is 7. The van der Waals surface area contributed by atoms with Crippen LogP contribution in [0.5, 0.6) is 23.0 Å². The fourth-order valence-corrected chi connectivity index (χ4v) is 5.05. The lowest BCUT2D eigenvalue weighted by molar-refractivity contribution is -0.111. The molecule has 0 aliphatic heterocycles. The first-order valence-electron chi connectivity index (χ1n) is 13.3. The summed E-state index contributed by atoms with van der Waals surface area (Å²) in [4.78, 5) is 16.7. The molecule has 1 amide bonds. The number of ether oxygens (including phenoxy) is 1. The summed E-state index contributed by atoms with van der Waals surface area (Å²) in [6.07, 6.45) is 0.629. The van der Waals surface area contributed by atoms with E-state index in [0.717, 1.165) is 24.6 Å². The molecule has 4 aromatic carbocycles. The molecule has 1 saturated carbocycles. The number of amides is 1. The van der Waals surface area contributed by atoms with E-state index in [-0.39, 0.29) is 34.0 Å². The van der Waals surface area contributed by atoms with Crippen molar-refractivity contribution in [1.82, 2.24) is 0 Å². The summed E-state index contributed by atoms with van der Waals surface area (Å²) in [7, 11) is 0. The molecule has 4 aromatic rings. The second-order valence-electron chi connectivity index (χ2n) is 9.87. The van der Waals surface area contributed by atoms with Crippen molar-refractivity contribution in [2.45, 2.75) is 24.0 Å². The SMILES string of the molecule is O=C(C#Cc1ccccc1)Nc1cc(O)cc(O)c1C1C(O)C(c2c(O)cc(O)cc2N=COC#Cc2ccccc2)C1O. The highest BCUT2D eigenvalue weighted by atomic mass is 16.5. The predicted octanol–water partition coefficient (Wildman–Crippen LogP) is 3.79. The number of hydrogen-bond acceptors (Lipinski definition) is 9. The molecular formula is C34H26N2O8. The second kappa shape index (κ2) is 12.9. The van der Waals surface area contributed by atoms with E-state index in [0.29, 0.717) is 11.1 Å². The summed E-state index contributed by atoms with van der Waals surface area (Å²) in [6.45, 7) is 0. The van der Waals surface area contributed by atoms with Gasteiger partial charge in [0.25, 0.3) is 0 Å². The maximum atomic E-state index is 12.6. The minimum atomic E-state index is -1.41. The molecule has 10 heteroatoms. The summed E-state index contributed by atoms with van der Waals surface area (Å²) in [5.41, 5.74) is 1.18. The molecule has 1 fully saturated rings. The fourth-order valence-electron chi connectivity index (χ4n) is 5.05. The van der Waals surface area contributed by atoms with E-state index < -0.39 is 41.4 Å². The van der Waals surface area contributed by atoms with Crippen LogP contribution in [0.3, 0.4) is 0 Å². The Morgan fingerprint density at radius 1 is 0.750 bits per heavy atom. The average molecular weight is 591 g/mol. The maximum absolute atomic E-state index is 12.6. The van der Waals surface area contributed by atoms with Gasteiger partial charge in [0.2, 0.25) is 0 Å². The molecule has 0 saturated heterocycles. The number of phenols is 4. The van der Waals surface area contributed by atoms with Crippen molar-refractivity contribution in [2.24, 2.45) is 4.99 Å². The highest BCUT2D eigenvalue weighted by Crippen LogP contribution is 2.56. The van der Waals surface area contributed by atoms with Gasteiger partial charge in [-0.25, -0.2) is 4.99 Å². The van der Waals surface area contributed by atoms with Crippen LogP contribution in [0.15, 0.2) is 89.9 Å². The highest BCUT2D eigenvalue weighted by molar-refractivity contribution is 6.05. The molecule has 1 aliphatic rings. The van der Waals surface area contributed by atoms with E-state index >= 15 is 0 Å². The highest BCUT2D eigenvalue weighted by Gasteiger charge is 2.53. The first-order valence-corrected chi connectivity index (χ1v) is 13.3. The Labute approximate surface area is 252 Å². The van der Waals surface area contributed by atoms with Crippen LogP contribution in [-0.4, -0.2) is 55.2 Å². The first-order chi connectivity index (χ1) is 21.2. The number of rotatable bonds is 5. The van der Waals surface area contributed by atoms with E-state index in [1.165, 1.54) is 6.07 Å². The first kappa shape index (κ1) is 29.5. The van der Waals surface area contributed by atoms with Crippen molar-refractivity contribution >= 4 is 23.7 Å². The Kier molecular flexibility index (Phi) is 8.68. The minimum absolute atomic E-state index is 0.00694. The third-order valence-corrected chi connectivity index (χ3v) is 7.02. The summed E-state index contributed by atoms with van der Waals surface area (Å²) < 4.78 is 5.13. The number of nitrogens with one attached hydrogen (secondary N) is 1. The summed E-state index contributed by atoms with van der Waals surface area (Å²) in [5.74, 6) is 3.21. The minimum Gasteiger partial charge on any atom is -0.508 e. The van der Waals surface area contributed by atoms with E-state index in [1.807, 2.05) is 18.2 Å². The van der Waals surface area contributed by atoms with Crippen molar-refractivity contribution in [3.63, 3.8) is 0 Å².